The summed E-state index contributed by atoms with van der Waals surface area (Å²) in [4.78, 5) is 24.3. The zero-order valence-electron chi connectivity index (χ0n) is 15.5. The maximum Gasteiger partial charge on any atom is 0.323 e. The Morgan fingerprint density at radius 1 is 1.08 bits per heavy atom. The van der Waals surface area contributed by atoms with Gasteiger partial charge in [0.2, 0.25) is 0 Å². The number of benzene rings is 1. The first-order valence-corrected chi connectivity index (χ1v) is 8.14. The summed E-state index contributed by atoms with van der Waals surface area (Å²) >= 11 is 0. The van der Waals surface area contributed by atoms with Crippen LogP contribution in [0.25, 0.3) is 0 Å². The molecule has 1 aromatic rings. The predicted octanol–water partition coefficient (Wildman–Crippen LogP) is 2.73. The molecule has 0 amide bonds. The van der Waals surface area contributed by atoms with E-state index >= 15 is 0 Å². The van der Waals surface area contributed by atoms with Crippen molar-refractivity contribution in [3.63, 3.8) is 0 Å². The Hall–Kier alpha value is -1.88. The van der Waals surface area contributed by atoms with Gasteiger partial charge in [0, 0.05) is 6.54 Å². The zero-order valence-corrected chi connectivity index (χ0v) is 15.5. The third kappa shape index (κ3) is 6.71. The molecule has 134 valence electrons. The van der Waals surface area contributed by atoms with Crippen LogP contribution in [-0.2, 0) is 25.5 Å². The molecule has 0 saturated heterocycles. The highest BCUT2D eigenvalue weighted by Gasteiger charge is 2.32. The van der Waals surface area contributed by atoms with E-state index in [9.17, 15) is 9.59 Å². The van der Waals surface area contributed by atoms with E-state index in [-0.39, 0.29) is 11.9 Å². The Bertz CT molecular complexity index is 546. The molecule has 1 N–H and O–H groups in total. The Morgan fingerprint density at radius 2 is 1.67 bits per heavy atom. The summed E-state index contributed by atoms with van der Waals surface area (Å²) in [5.41, 5.74) is -0.270. The number of nitrogens with one attached hydrogen (secondary N) is 1. The van der Waals surface area contributed by atoms with Crippen molar-refractivity contribution in [3.8, 4) is 0 Å². The van der Waals surface area contributed by atoms with Crippen LogP contribution in [0.1, 0.15) is 40.2 Å². The van der Waals surface area contributed by atoms with Crippen LogP contribution in [-0.4, -0.2) is 37.2 Å². The molecule has 0 spiro atoms. The lowest BCUT2D eigenvalue weighted by atomic mass is 9.93. The van der Waals surface area contributed by atoms with Gasteiger partial charge in [0.25, 0.3) is 0 Å². The van der Waals surface area contributed by atoms with Crippen LogP contribution >= 0.6 is 0 Å². The summed E-state index contributed by atoms with van der Waals surface area (Å²) < 4.78 is 10.3. The lowest BCUT2D eigenvalue weighted by molar-refractivity contribution is -0.158. The van der Waals surface area contributed by atoms with Gasteiger partial charge in [-0.2, -0.15) is 0 Å². The van der Waals surface area contributed by atoms with E-state index in [2.05, 4.69) is 5.32 Å². The van der Waals surface area contributed by atoms with Gasteiger partial charge in [-0.3, -0.25) is 9.59 Å². The van der Waals surface area contributed by atoms with Crippen LogP contribution in [0, 0.1) is 5.41 Å². The Labute approximate surface area is 144 Å². The van der Waals surface area contributed by atoms with Crippen molar-refractivity contribution in [2.24, 2.45) is 5.41 Å². The minimum absolute atomic E-state index is 0.316. The molecule has 0 aromatic heterocycles. The molecule has 0 unspecified atom stereocenters. The molecule has 1 rings (SSSR count). The van der Waals surface area contributed by atoms with Gasteiger partial charge in [0.15, 0.2) is 0 Å². The monoisotopic (exact) mass is 335 g/mol. The van der Waals surface area contributed by atoms with E-state index in [1.165, 1.54) is 7.11 Å². The lowest BCUT2D eigenvalue weighted by Gasteiger charge is -2.28. The Kier molecular flexibility index (Phi) is 6.96. The summed E-state index contributed by atoms with van der Waals surface area (Å²) in [6, 6.07) is 9.18. The van der Waals surface area contributed by atoms with Crippen molar-refractivity contribution in [2.45, 2.75) is 52.7 Å². The van der Waals surface area contributed by atoms with E-state index < -0.39 is 17.1 Å². The third-order valence-electron chi connectivity index (χ3n) is 3.50. The molecule has 0 aliphatic rings. The predicted molar refractivity (Wildman–Crippen MR) is 93.6 cm³/mol. The summed E-state index contributed by atoms with van der Waals surface area (Å²) in [5.74, 6) is -0.648. The van der Waals surface area contributed by atoms with Crippen molar-refractivity contribution in [1.82, 2.24) is 5.32 Å². The maximum absolute atomic E-state index is 12.5. The Morgan fingerprint density at radius 3 is 2.17 bits per heavy atom. The van der Waals surface area contributed by atoms with Gasteiger partial charge in [0.1, 0.15) is 11.6 Å². The SMILES string of the molecule is COC(=O)C(C)(C)CN[C@@H](Cc1ccccc1)C(=O)OC(C)(C)C. The number of hydrogen-bond donors (Lipinski definition) is 1. The van der Waals surface area contributed by atoms with Crippen molar-refractivity contribution >= 4 is 11.9 Å². The highest BCUT2D eigenvalue weighted by atomic mass is 16.6. The average Bonchev–Trinajstić information content (AvgIpc) is 2.49. The van der Waals surface area contributed by atoms with Crippen molar-refractivity contribution < 1.29 is 19.1 Å². The van der Waals surface area contributed by atoms with Crippen LogP contribution < -0.4 is 5.32 Å². The molecule has 5 heteroatoms. The summed E-state index contributed by atoms with van der Waals surface area (Å²) in [5, 5.41) is 3.17. The molecule has 1 atom stereocenters. The molecule has 0 radical (unpaired) electrons. The van der Waals surface area contributed by atoms with Gasteiger partial charge in [-0.25, -0.2) is 0 Å². The van der Waals surface area contributed by atoms with Crippen molar-refractivity contribution in [3.05, 3.63) is 35.9 Å². The molecule has 24 heavy (non-hydrogen) atoms. The molecule has 0 bridgehead atoms. The summed E-state index contributed by atoms with van der Waals surface area (Å²) in [6.07, 6.45) is 0.493. The number of carbonyl (C=O) groups excluding carboxylic acids is 2. The van der Waals surface area contributed by atoms with E-state index in [1.54, 1.807) is 13.8 Å². The number of methoxy groups -OCH3 is 1. The smallest absolute Gasteiger partial charge is 0.323 e. The fourth-order valence-corrected chi connectivity index (χ4v) is 2.19. The van der Waals surface area contributed by atoms with Gasteiger partial charge in [0.05, 0.1) is 12.5 Å². The fraction of sp³-hybridized carbons (Fsp3) is 0.579. The number of rotatable bonds is 7. The highest BCUT2D eigenvalue weighted by molar-refractivity contribution is 5.78. The van der Waals surface area contributed by atoms with Crippen LogP contribution in [0.4, 0.5) is 0 Å². The normalized spacial score (nSPS) is 13.2. The maximum atomic E-state index is 12.5. The van der Waals surface area contributed by atoms with Crippen LogP contribution in [0.2, 0.25) is 0 Å². The van der Waals surface area contributed by atoms with Gasteiger partial charge >= 0.3 is 11.9 Å². The van der Waals surface area contributed by atoms with E-state index in [0.717, 1.165) is 5.56 Å². The summed E-state index contributed by atoms with van der Waals surface area (Å²) in [7, 11) is 1.36. The number of hydrogen-bond acceptors (Lipinski definition) is 5. The fourth-order valence-electron chi connectivity index (χ4n) is 2.19. The molecule has 0 heterocycles. The molecular weight excluding hydrogens is 306 g/mol. The molecular formula is C19H29NO4. The average molecular weight is 335 g/mol. The van der Waals surface area contributed by atoms with Gasteiger partial charge in [-0.05, 0) is 46.6 Å². The van der Waals surface area contributed by atoms with E-state index in [1.807, 2.05) is 51.1 Å². The first kappa shape index (κ1) is 20.2. The molecule has 5 nitrogen and oxygen atoms in total. The zero-order chi connectivity index (χ0) is 18.4. The minimum atomic E-state index is -0.730. The molecule has 0 fully saturated rings. The highest BCUT2D eigenvalue weighted by Crippen LogP contribution is 2.17. The number of carbonyl (C=O) groups is 2. The standard InChI is InChI=1S/C19H29NO4/c1-18(2,3)24-16(21)15(12-14-10-8-7-9-11-14)20-13-19(4,5)17(22)23-6/h7-11,15,20H,12-13H2,1-6H3/t15-/m0/s1. The van der Waals surface area contributed by atoms with E-state index in [0.29, 0.717) is 13.0 Å². The first-order valence-electron chi connectivity index (χ1n) is 8.14. The van der Waals surface area contributed by atoms with Crippen molar-refractivity contribution in [1.29, 1.82) is 0 Å². The van der Waals surface area contributed by atoms with Gasteiger partial charge in [-0.15, -0.1) is 0 Å². The van der Waals surface area contributed by atoms with Gasteiger partial charge < -0.3 is 14.8 Å². The number of ether oxygens (including phenoxy) is 2. The molecule has 0 saturated carbocycles. The first-order chi connectivity index (χ1) is 11.0. The van der Waals surface area contributed by atoms with Gasteiger partial charge in [-0.1, -0.05) is 30.3 Å². The molecule has 0 aliphatic carbocycles. The quantitative estimate of drug-likeness (QED) is 0.776. The third-order valence-corrected chi connectivity index (χ3v) is 3.50. The van der Waals surface area contributed by atoms with Crippen LogP contribution in [0.15, 0.2) is 30.3 Å². The second kappa shape index (κ2) is 8.29. The summed E-state index contributed by atoms with van der Waals surface area (Å²) in [6.45, 7) is 9.38. The van der Waals surface area contributed by atoms with Crippen molar-refractivity contribution in [2.75, 3.05) is 13.7 Å². The second-order valence-corrected chi connectivity index (χ2v) is 7.53. The topological polar surface area (TPSA) is 64.6 Å². The van der Waals surface area contributed by atoms with Crippen LogP contribution in [0.3, 0.4) is 0 Å². The number of esters is 2. The lowest BCUT2D eigenvalue weighted by Crippen LogP contribution is -2.47. The largest absolute Gasteiger partial charge is 0.469 e. The second-order valence-electron chi connectivity index (χ2n) is 7.53. The molecule has 1 aromatic carbocycles. The Balaban J connectivity index is 2.85. The molecule has 0 aliphatic heterocycles. The van der Waals surface area contributed by atoms with Crippen LogP contribution in [0.5, 0.6) is 0 Å². The minimum Gasteiger partial charge on any atom is -0.469 e. The van der Waals surface area contributed by atoms with E-state index in [4.69, 9.17) is 9.47 Å².